The molecule has 7 heteroatoms. The van der Waals surface area contributed by atoms with Crippen LogP contribution in [0.3, 0.4) is 0 Å². The van der Waals surface area contributed by atoms with Gasteiger partial charge in [0.15, 0.2) is 0 Å². The van der Waals surface area contributed by atoms with Gasteiger partial charge in [-0.05, 0) is 63.8 Å². The molecule has 2 fully saturated rings. The van der Waals surface area contributed by atoms with Crippen LogP contribution in [0.2, 0.25) is 0 Å². The highest BCUT2D eigenvalue weighted by Gasteiger charge is 2.42. The van der Waals surface area contributed by atoms with Crippen LogP contribution in [0.4, 0.5) is 0 Å². The molecule has 2 atom stereocenters. The first-order chi connectivity index (χ1) is 11.6. The number of amides is 1. The fourth-order valence-corrected chi connectivity index (χ4v) is 4.32. The topological polar surface area (TPSA) is 50.2 Å². The maximum Gasteiger partial charge on any atom is 0.230 e. The van der Waals surface area contributed by atoms with E-state index in [4.69, 9.17) is 0 Å². The molecule has 0 radical (unpaired) electrons. The molecule has 2 heterocycles. The third-order valence-electron chi connectivity index (χ3n) is 5.24. The molecule has 1 amide bonds. The quantitative estimate of drug-likeness (QED) is 0.745. The van der Waals surface area contributed by atoms with Crippen molar-refractivity contribution in [2.24, 2.45) is 11.8 Å². The summed E-state index contributed by atoms with van der Waals surface area (Å²) in [5.74, 6) is 2.27. The van der Waals surface area contributed by atoms with Crippen molar-refractivity contribution in [2.45, 2.75) is 45.7 Å². The number of carbonyl (C=O) groups is 1. The summed E-state index contributed by atoms with van der Waals surface area (Å²) in [6.45, 7) is 8.40. The maximum atomic E-state index is 12.0. The SMILES string of the molecule is CSCC(=O)N[C@H]1CN(CCCn2nc(C)cc2C)C[C@@H]1C1CC1.Cl. The van der Waals surface area contributed by atoms with Crippen LogP contribution in [0.1, 0.15) is 30.7 Å². The zero-order valence-corrected chi connectivity index (χ0v) is 17.2. The number of halogens is 1. The van der Waals surface area contributed by atoms with Crippen LogP contribution < -0.4 is 5.32 Å². The highest BCUT2D eigenvalue weighted by atomic mass is 35.5. The van der Waals surface area contributed by atoms with E-state index in [1.54, 1.807) is 11.8 Å². The molecule has 1 aromatic rings. The van der Waals surface area contributed by atoms with Gasteiger partial charge in [-0.3, -0.25) is 9.48 Å². The minimum Gasteiger partial charge on any atom is -0.351 e. The number of aryl methyl sites for hydroxylation is 3. The van der Waals surface area contributed by atoms with E-state index < -0.39 is 0 Å². The first-order valence-corrected chi connectivity index (χ1v) is 10.5. The van der Waals surface area contributed by atoms with E-state index in [0.29, 0.717) is 17.7 Å². The summed E-state index contributed by atoms with van der Waals surface area (Å²) in [4.78, 5) is 14.5. The molecule has 1 aliphatic carbocycles. The largest absolute Gasteiger partial charge is 0.351 e. The minimum atomic E-state index is 0. The Labute approximate surface area is 161 Å². The van der Waals surface area contributed by atoms with Gasteiger partial charge in [-0.1, -0.05) is 0 Å². The highest BCUT2D eigenvalue weighted by Crippen LogP contribution is 2.41. The van der Waals surface area contributed by atoms with Crippen molar-refractivity contribution in [1.82, 2.24) is 20.0 Å². The normalized spacial score (nSPS) is 23.5. The van der Waals surface area contributed by atoms with Crippen LogP contribution in [-0.2, 0) is 11.3 Å². The highest BCUT2D eigenvalue weighted by molar-refractivity contribution is 7.99. The molecule has 1 aliphatic heterocycles. The Morgan fingerprint density at radius 1 is 1.32 bits per heavy atom. The molecule has 1 saturated carbocycles. The molecule has 25 heavy (non-hydrogen) atoms. The lowest BCUT2D eigenvalue weighted by molar-refractivity contribution is -0.119. The number of aromatic nitrogens is 2. The third kappa shape index (κ3) is 5.63. The molecular weight excluding hydrogens is 356 g/mol. The van der Waals surface area contributed by atoms with Crippen molar-refractivity contribution < 1.29 is 4.79 Å². The number of rotatable bonds is 8. The van der Waals surface area contributed by atoms with Crippen LogP contribution in [0.25, 0.3) is 0 Å². The first-order valence-electron chi connectivity index (χ1n) is 9.08. The fraction of sp³-hybridized carbons (Fsp3) is 0.778. The molecule has 142 valence electrons. The van der Waals surface area contributed by atoms with Gasteiger partial charge < -0.3 is 10.2 Å². The predicted octanol–water partition coefficient (Wildman–Crippen LogP) is 2.50. The Morgan fingerprint density at radius 2 is 2.08 bits per heavy atom. The molecule has 1 N–H and O–H groups in total. The van der Waals surface area contributed by atoms with Crippen LogP contribution >= 0.6 is 24.2 Å². The number of nitrogens with zero attached hydrogens (tertiary/aromatic N) is 3. The van der Waals surface area contributed by atoms with Crippen molar-refractivity contribution in [3.05, 3.63) is 17.5 Å². The van der Waals surface area contributed by atoms with Gasteiger partial charge >= 0.3 is 0 Å². The first kappa shape index (κ1) is 20.6. The van der Waals surface area contributed by atoms with Crippen molar-refractivity contribution in [2.75, 3.05) is 31.6 Å². The summed E-state index contributed by atoms with van der Waals surface area (Å²) < 4.78 is 2.11. The number of hydrogen-bond acceptors (Lipinski definition) is 4. The maximum absolute atomic E-state index is 12.0. The van der Waals surface area contributed by atoms with Crippen LogP contribution in [-0.4, -0.2) is 58.3 Å². The average molecular weight is 387 g/mol. The summed E-state index contributed by atoms with van der Waals surface area (Å²) >= 11 is 1.60. The summed E-state index contributed by atoms with van der Waals surface area (Å²) in [6.07, 6.45) is 5.79. The Balaban J connectivity index is 0.00000225. The van der Waals surface area contributed by atoms with Gasteiger partial charge in [-0.15, -0.1) is 12.4 Å². The lowest BCUT2D eigenvalue weighted by Gasteiger charge is -2.19. The van der Waals surface area contributed by atoms with Crippen molar-refractivity contribution in [3.63, 3.8) is 0 Å². The zero-order chi connectivity index (χ0) is 17.1. The molecule has 2 aliphatic rings. The van der Waals surface area contributed by atoms with E-state index in [9.17, 15) is 4.79 Å². The Hall–Kier alpha value is -0.720. The molecule has 5 nitrogen and oxygen atoms in total. The summed E-state index contributed by atoms with van der Waals surface area (Å²) in [5.41, 5.74) is 2.34. The number of likely N-dealkylation sites (tertiary alicyclic amines) is 1. The van der Waals surface area contributed by atoms with Gasteiger partial charge in [0.1, 0.15) is 0 Å². The average Bonchev–Trinajstić information content (AvgIpc) is 3.21. The van der Waals surface area contributed by atoms with E-state index in [1.165, 1.54) is 18.5 Å². The number of carbonyl (C=O) groups excluding carboxylic acids is 1. The molecule has 0 unspecified atom stereocenters. The fourth-order valence-electron chi connectivity index (χ4n) is 3.98. The number of hydrogen-bond donors (Lipinski definition) is 1. The van der Waals surface area contributed by atoms with Crippen molar-refractivity contribution in [1.29, 1.82) is 0 Å². The Kier molecular flexibility index (Phi) is 7.65. The van der Waals surface area contributed by atoms with Crippen molar-refractivity contribution in [3.8, 4) is 0 Å². The second-order valence-corrected chi connectivity index (χ2v) is 8.24. The zero-order valence-electron chi connectivity index (χ0n) is 15.5. The van der Waals surface area contributed by atoms with E-state index in [0.717, 1.165) is 44.2 Å². The van der Waals surface area contributed by atoms with E-state index in [2.05, 4.69) is 33.0 Å². The molecule has 0 spiro atoms. The second kappa shape index (κ2) is 9.28. The van der Waals surface area contributed by atoms with Crippen LogP contribution in [0, 0.1) is 25.7 Å². The molecule has 3 rings (SSSR count). The van der Waals surface area contributed by atoms with Gasteiger partial charge in [0.2, 0.25) is 5.91 Å². The molecule has 1 aromatic heterocycles. The van der Waals surface area contributed by atoms with Gasteiger partial charge in [0, 0.05) is 31.4 Å². The second-order valence-electron chi connectivity index (χ2n) is 7.37. The summed E-state index contributed by atoms with van der Waals surface area (Å²) in [5, 5.41) is 7.82. The Morgan fingerprint density at radius 3 is 2.68 bits per heavy atom. The minimum absolute atomic E-state index is 0. The van der Waals surface area contributed by atoms with Crippen LogP contribution in [0.5, 0.6) is 0 Å². The van der Waals surface area contributed by atoms with Crippen molar-refractivity contribution >= 4 is 30.1 Å². The molecule has 1 saturated heterocycles. The van der Waals surface area contributed by atoms with Gasteiger partial charge in [-0.2, -0.15) is 16.9 Å². The summed E-state index contributed by atoms with van der Waals surface area (Å²) in [6, 6.07) is 2.49. The Bertz CT molecular complexity index is 575. The van der Waals surface area contributed by atoms with E-state index in [1.807, 2.05) is 13.2 Å². The molecule has 0 aromatic carbocycles. The molecule has 0 bridgehead atoms. The monoisotopic (exact) mass is 386 g/mol. The van der Waals surface area contributed by atoms with Gasteiger partial charge in [-0.25, -0.2) is 0 Å². The van der Waals surface area contributed by atoms with Gasteiger partial charge in [0.25, 0.3) is 0 Å². The lowest BCUT2D eigenvalue weighted by Crippen LogP contribution is -2.42. The van der Waals surface area contributed by atoms with E-state index in [-0.39, 0.29) is 18.3 Å². The third-order valence-corrected chi connectivity index (χ3v) is 5.79. The lowest BCUT2D eigenvalue weighted by atomic mass is 9.98. The smallest absolute Gasteiger partial charge is 0.230 e. The number of thioether (sulfide) groups is 1. The molecular formula is C18H31ClN4OS. The van der Waals surface area contributed by atoms with Crippen LogP contribution in [0.15, 0.2) is 6.07 Å². The van der Waals surface area contributed by atoms with E-state index >= 15 is 0 Å². The number of nitrogens with one attached hydrogen (secondary N) is 1. The predicted molar refractivity (Wildman–Crippen MR) is 107 cm³/mol. The standard InChI is InChI=1S/C18H30N4OS.ClH/c1-13-9-14(2)22(20-13)8-4-7-21-10-16(15-5-6-15)17(11-21)19-18(23)12-24-3;/h9,15-17H,4-8,10-12H2,1-3H3,(H,19,23);1H/t16-,17+;/m1./s1. The summed E-state index contributed by atoms with van der Waals surface area (Å²) in [7, 11) is 0. The van der Waals surface area contributed by atoms with Gasteiger partial charge in [0.05, 0.1) is 11.4 Å².